The van der Waals surface area contributed by atoms with Crippen molar-refractivity contribution in [3.8, 4) is 5.69 Å². The fourth-order valence-corrected chi connectivity index (χ4v) is 2.44. The van der Waals surface area contributed by atoms with Gasteiger partial charge in [-0.15, -0.1) is 5.10 Å². The van der Waals surface area contributed by atoms with Crippen molar-refractivity contribution in [1.82, 2.24) is 30.2 Å². The molecule has 1 N–H and O–H groups in total. The van der Waals surface area contributed by atoms with Gasteiger partial charge in [0.15, 0.2) is 0 Å². The molecule has 2 heterocycles. The maximum Gasteiger partial charge on any atom is 0.451 e. The van der Waals surface area contributed by atoms with Crippen molar-refractivity contribution in [3.63, 3.8) is 0 Å². The summed E-state index contributed by atoms with van der Waals surface area (Å²) in [5.74, 6) is -1.13. The molecular formula is C16H10F3N7. The van der Waals surface area contributed by atoms with Gasteiger partial charge in [-0.2, -0.15) is 13.2 Å². The highest BCUT2D eigenvalue weighted by molar-refractivity contribution is 5.90. The van der Waals surface area contributed by atoms with E-state index in [-0.39, 0.29) is 11.3 Å². The summed E-state index contributed by atoms with van der Waals surface area (Å²) in [6.07, 6.45) is -3.23. The predicted octanol–water partition coefficient (Wildman–Crippen LogP) is 3.37. The van der Waals surface area contributed by atoms with Crippen LogP contribution in [0.5, 0.6) is 0 Å². The van der Waals surface area contributed by atoms with Gasteiger partial charge in [-0.05, 0) is 40.8 Å². The number of tetrazole rings is 1. The summed E-state index contributed by atoms with van der Waals surface area (Å²) in [7, 11) is 0. The number of hydrogen-bond donors (Lipinski definition) is 1. The van der Waals surface area contributed by atoms with Gasteiger partial charge in [-0.3, -0.25) is 0 Å². The van der Waals surface area contributed by atoms with Gasteiger partial charge in [0.05, 0.1) is 11.2 Å². The summed E-state index contributed by atoms with van der Waals surface area (Å²) < 4.78 is 40.8. The van der Waals surface area contributed by atoms with Crippen molar-refractivity contribution >= 4 is 22.4 Å². The van der Waals surface area contributed by atoms with Crippen LogP contribution in [0.15, 0.2) is 54.9 Å². The van der Waals surface area contributed by atoms with Crippen molar-refractivity contribution in [1.29, 1.82) is 0 Å². The van der Waals surface area contributed by atoms with Gasteiger partial charge in [0.1, 0.15) is 12.1 Å². The molecule has 26 heavy (non-hydrogen) atoms. The lowest BCUT2D eigenvalue weighted by atomic mass is 10.2. The molecule has 0 atom stereocenters. The lowest BCUT2D eigenvalue weighted by molar-refractivity contribution is -0.144. The lowest BCUT2D eigenvalue weighted by Crippen LogP contribution is -2.12. The predicted molar refractivity (Wildman–Crippen MR) is 87.0 cm³/mol. The maximum atomic E-state index is 13.1. The Morgan fingerprint density at radius 2 is 1.81 bits per heavy atom. The third-order valence-corrected chi connectivity index (χ3v) is 3.58. The molecule has 4 aromatic rings. The normalized spacial score (nSPS) is 11.7. The summed E-state index contributed by atoms with van der Waals surface area (Å²) in [5.41, 5.74) is 1.39. The molecule has 0 unspecified atom stereocenters. The Hall–Kier alpha value is -3.56. The highest BCUT2D eigenvalue weighted by Crippen LogP contribution is 2.31. The minimum Gasteiger partial charge on any atom is -0.340 e. The van der Waals surface area contributed by atoms with E-state index in [1.807, 2.05) is 0 Å². The Labute approximate surface area is 144 Å². The van der Waals surface area contributed by atoms with Crippen LogP contribution in [0, 0.1) is 0 Å². The van der Waals surface area contributed by atoms with Gasteiger partial charge in [0.2, 0.25) is 5.82 Å². The largest absolute Gasteiger partial charge is 0.451 e. The number of alkyl halides is 3. The van der Waals surface area contributed by atoms with Gasteiger partial charge >= 0.3 is 6.18 Å². The van der Waals surface area contributed by atoms with E-state index in [1.54, 1.807) is 42.5 Å². The summed E-state index contributed by atoms with van der Waals surface area (Å²) >= 11 is 0. The van der Waals surface area contributed by atoms with Crippen LogP contribution >= 0.6 is 0 Å². The molecule has 0 spiro atoms. The summed E-state index contributed by atoms with van der Waals surface area (Å²) in [5, 5.41) is 14.3. The van der Waals surface area contributed by atoms with Gasteiger partial charge in [-0.25, -0.2) is 14.6 Å². The van der Waals surface area contributed by atoms with Crippen LogP contribution < -0.4 is 5.32 Å². The monoisotopic (exact) mass is 357 g/mol. The second kappa shape index (κ2) is 6.06. The van der Waals surface area contributed by atoms with Crippen molar-refractivity contribution in [2.45, 2.75) is 6.18 Å². The number of benzene rings is 2. The lowest BCUT2D eigenvalue weighted by Gasteiger charge is -2.13. The van der Waals surface area contributed by atoms with E-state index in [0.29, 0.717) is 16.8 Å². The third kappa shape index (κ3) is 3.04. The first-order valence-electron chi connectivity index (χ1n) is 7.45. The van der Waals surface area contributed by atoms with Crippen LogP contribution in [0.4, 0.5) is 24.7 Å². The zero-order chi connectivity index (χ0) is 18.1. The Morgan fingerprint density at radius 1 is 0.962 bits per heavy atom. The van der Waals surface area contributed by atoms with E-state index in [0.717, 1.165) is 0 Å². The van der Waals surface area contributed by atoms with Gasteiger partial charge in [-0.1, -0.05) is 18.2 Å². The quantitative estimate of drug-likeness (QED) is 0.605. The van der Waals surface area contributed by atoms with Gasteiger partial charge in [0, 0.05) is 11.1 Å². The van der Waals surface area contributed by atoms with Crippen molar-refractivity contribution in [2.75, 3.05) is 5.32 Å². The van der Waals surface area contributed by atoms with E-state index in [1.165, 1.54) is 17.1 Å². The molecule has 0 amide bonds. The molecule has 0 radical (unpaired) electrons. The number of para-hydroxylation sites is 1. The highest BCUT2D eigenvalue weighted by Gasteiger charge is 2.35. The summed E-state index contributed by atoms with van der Waals surface area (Å²) in [4.78, 5) is 7.27. The summed E-state index contributed by atoms with van der Waals surface area (Å²) in [6, 6.07) is 13.4. The fourth-order valence-electron chi connectivity index (χ4n) is 2.44. The van der Waals surface area contributed by atoms with Crippen LogP contribution in [0.3, 0.4) is 0 Å². The second-order valence-corrected chi connectivity index (χ2v) is 5.34. The first-order valence-corrected chi connectivity index (χ1v) is 7.45. The molecule has 0 saturated heterocycles. The molecular weight excluding hydrogens is 347 g/mol. The molecule has 0 aliphatic heterocycles. The minimum atomic E-state index is -4.64. The van der Waals surface area contributed by atoms with Gasteiger partial charge < -0.3 is 5.32 Å². The molecule has 0 aliphatic rings. The van der Waals surface area contributed by atoms with Crippen molar-refractivity contribution in [3.05, 3.63) is 60.7 Å². The minimum absolute atomic E-state index is 0.0665. The SMILES string of the molecule is FC(F)(F)c1nc(Nc2cccc(-n3cnnn3)c2)c2ccccc2n1. The number of nitrogens with one attached hydrogen (secondary N) is 1. The van der Waals surface area contributed by atoms with Crippen LogP contribution in [-0.4, -0.2) is 30.2 Å². The van der Waals surface area contributed by atoms with E-state index < -0.39 is 12.0 Å². The number of aromatic nitrogens is 6. The molecule has 4 rings (SSSR count). The standard InChI is InChI=1S/C16H10F3N7/c17-16(18,19)15-22-13-7-2-1-6-12(13)14(23-15)21-10-4-3-5-11(8-10)26-9-20-24-25-26/h1-9H,(H,21,22,23). The average molecular weight is 357 g/mol. The smallest absolute Gasteiger partial charge is 0.340 e. The molecule has 2 aromatic heterocycles. The van der Waals surface area contributed by atoms with E-state index in [2.05, 4.69) is 30.8 Å². The molecule has 7 nitrogen and oxygen atoms in total. The van der Waals surface area contributed by atoms with Crippen LogP contribution in [0.25, 0.3) is 16.6 Å². The van der Waals surface area contributed by atoms with E-state index in [9.17, 15) is 13.2 Å². The zero-order valence-corrected chi connectivity index (χ0v) is 13.0. The first-order chi connectivity index (χ1) is 12.5. The van der Waals surface area contributed by atoms with Crippen LogP contribution in [0.1, 0.15) is 5.82 Å². The Bertz CT molecular complexity index is 1060. The highest BCUT2D eigenvalue weighted by atomic mass is 19.4. The van der Waals surface area contributed by atoms with E-state index in [4.69, 9.17) is 0 Å². The molecule has 130 valence electrons. The summed E-state index contributed by atoms with van der Waals surface area (Å²) in [6.45, 7) is 0. The number of anilines is 2. The van der Waals surface area contributed by atoms with Gasteiger partial charge in [0.25, 0.3) is 0 Å². The number of hydrogen-bond acceptors (Lipinski definition) is 6. The van der Waals surface area contributed by atoms with Crippen molar-refractivity contribution < 1.29 is 13.2 Å². The third-order valence-electron chi connectivity index (χ3n) is 3.58. The maximum absolute atomic E-state index is 13.1. The molecule has 0 saturated carbocycles. The molecule has 0 bridgehead atoms. The number of fused-ring (bicyclic) bond motifs is 1. The average Bonchev–Trinajstić information content (AvgIpc) is 3.16. The zero-order valence-electron chi connectivity index (χ0n) is 13.0. The number of halogens is 3. The molecule has 10 heteroatoms. The number of rotatable bonds is 3. The molecule has 0 aliphatic carbocycles. The fraction of sp³-hybridized carbons (Fsp3) is 0.0625. The Balaban J connectivity index is 1.79. The van der Waals surface area contributed by atoms with Crippen LogP contribution in [-0.2, 0) is 6.18 Å². The number of nitrogens with zero attached hydrogens (tertiary/aromatic N) is 6. The second-order valence-electron chi connectivity index (χ2n) is 5.34. The van der Waals surface area contributed by atoms with E-state index >= 15 is 0 Å². The Kier molecular flexibility index (Phi) is 3.72. The first kappa shape index (κ1) is 15.9. The molecule has 2 aromatic carbocycles. The molecule has 0 fully saturated rings. The topological polar surface area (TPSA) is 81.4 Å². The van der Waals surface area contributed by atoms with Crippen LogP contribution in [0.2, 0.25) is 0 Å². The Morgan fingerprint density at radius 3 is 2.58 bits per heavy atom. The van der Waals surface area contributed by atoms with Crippen molar-refractivity contribution in [2.24, 2.45) is 0 Å².